The summed E-state index contributed by atoms with van der Waals surface area (Å²) in [5.74, 6) is -1.62. The molecule has 0 aromatic carbocycles. The van der Waals surface area contributed by atoms with Crippen LogP contribution in [0.15, 0.2) is 12.3 Å². The number of aromatic nitrogens is 1. The minimum Gasteiger partial charge on any atom is -0.398 e. The molecule has 9 heteroatoms. The van der Waals surface area contributed by atoms with E-state index < -0.39 is 28.5 Å². The highest BCUT2D eigenvalue weighted by Gasteiger charge is 2.35. The summed E-state index contributed by atoms with van der Waals surface area (Å²) in [5.41, 5.74) is 4.04. The van der Waals surface area contributed by atoms with Gasteiger partial charge in [0.05, 0.1) is 4.92 Å². The van der Waals surface area contributed by atoms with E-state index in [0.717, 1.165) is 6.20 Å². The highest BCUT2D eigenvalue weighted by Crippen LogP contribution is 2.34. The van der Waals surface area contributed by atoms with Crippen LogP contribution in [0.4, 0.5) is 24.7 Å². The summed E-state index contributed by atoms with van der Waals surface area (Å²) in [6, 6.07) is 0.710. The van der Waals surface area contributed by atoms with E-state index in [2.05, 4.69) is 9.72 Å². The smallest absolute Gasteiger partial charge is 0.398 e. The van der Waals surface area contributed by atoms with Gasteiger partial charge in [0.25, 0.3) is 0 Å². The highest BCUT2D eigenvalue weighted by atomic mass is 19.4. The van der Waals surface area contributed by atoms with E-state index in [1.165, 1.54) is 0 Å². The van der Waals surface area contributed by atoms with E-state index in [-0.39, 0.29) is 0 Å². The zero-order valence-corrected chi connectivity index (χ0v) is 6.99. The molecule has 1 aromatic heterocycles. The number of hydrogen-bond donors (Lipinski definition) is 1. The molecule has 6 nitrogen and oxygen atoms in total. The van der Waals surface area contributed by atoms with Gasteiger partial charge in [-0.25, -0.2) is 4.98 Å². The SMILES string of the molecule is Nc1nccc(OC(F)(F)F)c1[N+](=O)[O-]. The fraction of sp³-hybridized carbons (Fsp3) is 0.167. The molecule has 1 heterocycles. The first-order valence-electron chi connectivity index (χ1n) is 3.46. The third-order valence-corrected chi connectivity index (χ3v) is 1.32. The molecule has 15 heavy (non-hydrogen) atoms. The van der Waals surface area contributed by atoms with Gasteiger partial charge in [-0.05, 0) is 0 Å². The quantitative estimate of drug-likeness (QED) is 0.605. The summed E-state index contributed by atoms with van der Waals surface area (Å²) in [6.07, 6.45) is -4.14. The Morgan fingerprint density at radius 3 is 2.60 bits per heavy atom. The molecule has 0 atom stereocenters. The van der Waals surface area contributed by atoms with E-state index in [9.17, 15) is 23.3 Å². The molecule has 0 spiro atoms. The Morgan fingerprint density at radius 2 is 2.13 bits per heavy atom. The fourth-order valence-corrected chi connectivity index (χ4v) is 0.842. The molecular formula is C6H4F3N3O3. The molecule has 0 aliphatic rings. The zero-order chi connectivity index (χ0) is 11.6. The van der Waals surface area contributed by atoms with Crippen LogP contribution < -0.4 is 10.5 Å². The van der Waals surface area contributed by atoms with E-state index >= 15 is 0 Å². The summed E-state index contributed by atoms with van der Waals surface area (Å²) in [7, 11) is 0. The van der Waals surface area contributed by atoms with E-state index in [1.807, 2.05) is 0 Å². The topological polar surface area (TPSA) is 91.3 Å². The van der Waals surface area contributed by atoms with Crippen molar-refractivity contribution in [1.29, 1.82) is 0 Å². The van der Waals surface area contributed by atoms with Crippen molar-refractivity contribution in [3.8, 4) is 5.75 Å². The summed E-state index contributed by atoms with van der Waals surface area (Å²) in [5, 5.41) is 10.4. The summed E-state index contributed by atoms with van der Waals surface area (Å²) in [4.78, 5) is 12.6. The number of anilines is 1. The number of nitrogens with two attached hydrogens (primary N) is 1. The molecule has 82 valence electrons. The number of alkyl halides is 3. The second kappa shape index (κ2) is 3.59. The van der Waals surface area contributed by atoms with E-state index in [4.69, 9.17) is 5.73 Å². The minimum atomic E-state index is -5.02. The van der Waals surface area contributed by atoms with Crippen molar-refractivity contribution in [2.45, 2.75) is 6.36 Å². The first kappa shape index (κ1) is 11.0. The van der Waals surface area contributed by atoms with Gasteiger partial charge in [-0.15, -0.1) is 13.2 Å². The third-order valence-electron chi connectivity index (χ3n) is 1.32. The predicted octanol–water partition coefficient (Wildman–Crippen LogP) is 1.47. The molecule has 0 bridgehead atoms. The van der Waals surface area contributed by atoms with Crippen molar-refractivity contribution >= 4 is 11.5 Å². The average Bonchev–Trinajstić information content (AvgIpc) is 1.99. The molecule has 0 aliphatic heterocycles. The summed E-state index contributed by atoms with van der Waals surface area (Å²) >= 11 is 0. The van der Waals surface area contributed by atoms with Crippen LogP contribution in [0, 0.1) is 10.1 Å². The lowest BCUT2D eigenvalue weighted by atomic mass is 10.3. The fourth-order valence-electron chi connectivity index (χ4n) is 0.842. The number of ether oxygens (including phenoxy) is 1. The van der Waals surface area contributed by atoms with Crippen LogP contribution >= 0.6 is 0 Å². The Labute approximate surface area is 80.6 Å². The van der Waals surface area contributed by atoms with Gasteiger partial charge in [0, 0.05) is 12.3 Å². The normalized spacial score (nSPS) is 11.1. The number of nitrogens with zero attached hydrogens (tertiary/aromatic N) is 2. The Balaban J connectivity index is 3.18. The molecule has 0 amide bonds. The van der Waals surface area contributed by atoms with Crippen LogP contribution in [0.1, 0.15) is 0 Å². The van der Waals surface area contributed by atoms with Crippen LogP contribution in [0.3, 0.4) is 0 Å². The van der Waals surface area contributed by atoms with Gasteiger partial charge < -0.3 is 10.5 Å². The maximum atomic E-state index is 11.8. The molecule has 2 N–H and O–H groups in total. The van der Waals surface area contributed by atoms with Gasteiger partial charge >= 0.3 is 12.0 Å². The maximum Gasteiger partial charge on any atom is 0.573 e. The van der Waals surface area contributed by atoms with Crippen molar-refractivity contribution < 1.29 is 22.8 Å². The number of nitrogen functional groups attached to an aromatic ring is 1. The van der Waals surface area contributed by atoms with Crippen molar-refractivity contribution in [2.24, 2.45) is 0 Å². The van der Waals surface area contributed by atoms with Crippen molar-refractivity contribution in [1.82, 2.24) is 4.98 Å². The van der Waals surface area contributed by atoms with Crippen molar-refractivity contribution in [3.63, 3.8) is 0 Å². The molecule has 0 radical (unpaired) electrons. The summed E-state index contributed by atoms with van der Waals surface area (Å²) in [6.45, 7) is 0. The molecule has 0 saturated carbocycles. The van der Waals surface area contributed by atoms with Crippen molar-refractivity contribution in [2.75, 3.05) is 5.73 Å². The van der Waals surface area contributed by atoms with Gasteiger partial charge in [0.15, 0.2) is 0 Å². The lowest BCUT2D eigenvalue weighted by Gasteiger charge is -2.08. The molecular weight excluding hydrogens is 219 g/mol. The molecule has 0 aliphatic carbocycles. The Bertz CT molecular complexity index is 393. The third kappa shape index (κ3) is 2.69. The largest absolute Gasteiger partial charge is 0.573 e. The molecule has 1 aromatic rings. The summed E-state index contributed by atoms with van der Waals surface area (Å²) < 4.78 is 38.8. The number of hydrogen-bond acceptors (Lipinski definition) is 5. The number of halogens is 3. The van der Waals surface area contributed by atoms with Crippen LogP contribution in [0.2, 0.25) is 0 Å². The first-order chi connectivity index (χ1) is 6.81. The highest BCUT2D eigenvalue weighted by molar-refractivity contribution is 5.60. The second-order valence-corrected chi connectivity index (χ2v) is 2.35. The number of nitro groups is 1. The lowest BCUT2D eigenvalue weighted by Crippen LogP contribution is -2.18. The van der Waals surface area contributed by atoms with Gasteiger partial charge in [-0.2, -0.15) is 0 Å². The standard InChI is InChI=1S/C6H4F3N3O3/c7-6(8,9)15-3-1-2-11-5(10)4(3)12(13)14/h1-2H,(H2,10,11). The van der Waals surface area contributed by atoms with Crippen molar-refractivity contribution in [3.05, 3.63) is 22.4 Å². The van der Waals surface area contributed by atoms with Crippen LogP contribution in [-0.2, 0) is 0 Å². The predicted molar refractivity (Wildman–Crippen MR) is 42.0 cm³/mol. The Hall–Kier alpha value is -2.06. The number of pyridine rings is 1. The molecule has 0 fully saturated rings. The van der Waals surface area contributed by atoms with Gasteiger partial charge in [-0.3, -0.25) is 10.1 Å². The van der Waals surface area contributed by atoms with E-state index in [0.29, 0.717) is 6.07 Å². The number of rotatable bonds is 2. The Kier molecular flexibility index (Phi) is 2.64. The van der Waals surface area contributed by atoms with Crippen LogP contribution in [-0.4, -0.2) is 16.3 Å². The second-order valence-electron chi connectivity index (χ2n) is 2.35. The van der Waals surface area contributed by atoms with Gasteiger partial charge in [0.2, 0.25) is 11.6 Å². The lowest BCUT2D eigenvalue weighted by molar-refractivity contribution is -0.388. The minimum absolute atomic E-state index is 0.637. The molecule has 0 unspecified atom stereocenters. The first-order valence-corrected chi connectivity index (χ1v) is 3.46. The van der Waals surface area contributed by atoms with E-state index in [1.54, 1.807) is 0 Å². The molecule has 1 rings (SSSR count). The molecule has 0 saturated heterocycles. The average molecular weight is 223 g/mol. The van der Waals surface area contributed by atoms with Crippen LogP contribution in [0.25, 0.3) is 0 Å². The van der Waals surface area contributed by atoms with Gasteiger partial charge in [-0.1, -0.05) is 0 Å². The maximum absolute atomic E-state index is 11.8. The zero-order valence-electron chi connectivity index (χ0n) is 6.99. The Morgan fingerprint density at radius 1 is 1.53 bits per heavy atom. The monoisotopic (exact) mass is 223 g/mol. The van der Waals surface area contributed by atoms with Gasteiger partial charge in [0.1, 0.15) is 0 Å². The van der Waals surface area contributed by atoms with Crippen LogP contribution in [0.5, 0.6) is 5.75 Å².